The van der Waals surface area contributed by atoms with E-state index in [1.54, 1.807) is 4.90 Å². The summed E-state index contributed by atoms with van der Waals surface area (Å²) in [4.78, 5) is 19.9. The van der Waals surface area contributed by atoms with E-state index in [2.05, 4.69) is 28.9 Å². The van der Waals surface area contributed by atoms with Crippen molar-refractivity contribution in [2.24, 2.45) is 4.99 Å². The fourth-order valence-corrected chi connectivity index (χ4v) is 3.92. The van der Waals surface area contributed by atoms with Crippen molar-refractivity contribution in [3.05, 3.63) is 69.0 Å². The molecule has 3 nitrogen and oxygen atoms in total. The molecule has 0 aromatic heterocycles. The lowest BCUT2D eigenvalue weighted by Crippen LogP contribution is -2.28. The van der Waals surface area contributed by atoms with Gasteiger partial charge in [0.25, 0.3) is 5.91 Å². The number of amidine groups is 1. The molecule has 0 N–H and O–H groups in total. The third kappa shape index (κ3) is 4.05. The van der Waals surface area contributed by atoms with Crippen LogP contribution in [0, 0.1) is 0 Å². The first kappa shape index (κ1) is 18.0. The number of carbonyl (C=O) groups excluding carboxylic acids is 1. The molecule has 0 unspecified atom stereocenters. The van der Waals surface area contributed by atoms with Gasteiger partial charge in [-0.2, -0.15) is 0 Å². The zero-order chi connectivity index (χ0) is 17.8. The number of hydrogen-bond donors (Lipinski definition) is 0. The fourth-order valence-electron chi connectivity index (χ4n) is 2.60. The molecule has 0 spiro atoms. The van der Waals surface area contributed by atoms with E-state index in [-0.39, 0.29) is 5.91 Å². The van der Waals surface area contributed by atoms with Crippen LogP contribution in [-0.4, -0.2) is 22.5 Å². The molecule has 1 amide bonds. The highest BCUT2D eigenvalue weighted by Crippen LogP contribution is 2.34. The first-order chi connectivity index (χ1) is 12.1. The molecule has 1 aliphatic rings. The number of halogens is 1. The number of benzene rings is 2. The maximum atomic E-state index is 12.7. The second kappa shape index (κ2) is 8.02. The molecule has 0 saturated carbocycles. The van der Waals surface area contributed by atoms with Crippen molar-refractivity contribution in [2.45, 2.75) is 20.3 Å². The Morgan fingerprint density at radius 1 is 1.12 bits per heavy atom. The van der Waals surface area contributed by atoms with Crippen LogP contribution < -0.4 is 0 Å². The van der Waals surface area contributed by atoms with Gasteiger partial charge in [-0.1, -0.05) is 53.2 Å². The number of nitrogens with zero attached hydrogens (tertiary/aromatic N) is 2. The second-order valence-corrected chi connectivity index (χ2v) is 7.51. The highest BCUT2D eigenvalue weighted by atomic mass is 79.9. The molecular weight excluding hydrogens is 396 g/mol. The first-order valence-corrected chi connectivity index (χ1v) is 9.87. The predicted molar refractivity (Wildman–Crippen MR) is 110 cm³/mol. The van der Waals surface area contributed by atoms with Crippen molar-refractivity contribution in [1.82, 2.24) is 4.90 Å². The van der Waals surface area contributed by atoms with Crippen LogP contribution in [0.3, 0.4) is 0 Å². The summed E-state index contributed by atoms with van der Waals surface area (Å²) in [7, 11) is 0. The van der Waals surface area contributed by atoms with Gasteiger partial charge in [-0.3, -0.25) is 9.69 Å². The zero-order valence-corrected chi connectivity index (χ0v) is 16.6. The lowest BCUT2D eigenvalue weighted by atomic mass is 10.1. The number of amides is 1. The molecule has 1 saturated heterocycles. The average molecular weight is 415 g/mol. The van der Waals surface area contributed by atoms with Crippen LogP contribution in [0.2, 0.25) is 0 Å². The Bertz CT molecular complexity index is 843. The zero-order valence-electron chi connectivity index (χ0n) is 14.2. The molecule has 1 fully saturated rings. The van der Waals surface area contributed by atoms with Gasteiger partial charge in [0, 0.05) is 11.0 Å². The van der Waals surface area contributed by atoms with Crippen LogP contribution in [0.4, 0.5) is 5.69 Å². The maximum absolute atomic E-state index is 12.7. The molecule has 5 heteroatoms. The lowest BCUT2D eigenvalue weighted by Gasteiger charge is -2.12. The van der Waals surface area contributed by atoms with Crippen LogP contribution in [-0.2, 0) is 11.2 Å². The van der Waals surface area contributed by atoms with Gasteiger partial charge in [0.05, 0.1) is 10.6 Å². The summed E-state index contributed by atoms with van der Waals surface area (Å²) in [5.74, 6) is 0.0168. The predicted octanol–water partition coefficient (Wildman–Crippen LogP) is 5.64. The van der Waals surface area contributed by atoms with Gasteiger partial charge in [0.2, 0.25) is 0 Å². The summed E-state index contributed by atoms with van der Waals surface area (Å²) in [5, 5.41) is 0.747. The summed E-state index contributed by atoms with van der Waals surface area (Å²) >= 11 is 4.87. The Balaban J connectivity index is 1.95. The van der Waals surface area contributed by atoms with E-state index in [4.69, 9.17) is 4.99 Å². The minimum Gasteiger partial charge on any atom is -0.287 e. The Labute approximate surface area is 161 Å². The standard InChI is InChI=1S/C20H19BrN2OS/c1-3-15-7-5-6-8-17(15)22-20-23(4-2)19(24)18(25-20)13-14-9-11-16(21)12-10-14/h5-13H,3-4H2,1-2H3/b18-13+,22-20?. The van der Waals surface area contributed by atoms with E-state index >= 15 is 0 Å². The van der Waals surface area contributed by atoms with Crippen LogP contribution >= 0.6 is 27.7 Å². The Hall–Kier alpha value is -1.85. The smallest absolute Gasteiger partial charge is 0.266 e. The van der Waals surface area contributed by atoms with Gasteiger partial charge in [-0.05, 0) is 60.5 Å². The Morgan fingerprint density at radius 3 is 2.52 bits per heavy atom. The Morgan fingerprint density at radius 2 is 1.84 bits per heavy atom. The van der Waals surface area contributed by atoms with Crippen molar-refractivity contribution in [2.75, 3.05) is 6.54 Å². The SMILES string of the molecule is CCc1ccccc1N=C1S/C(=C/c2ccc(Br)cc2)C(=O)N1CC. The molecular formula is C20H19BrN2OS. The number of rotatable bonds is 4. The molecule has 1 heterocycles. The summed E-state index contributed by atoms with van der Waals surface area (Å²) in [5.41, 5.74) is 3.12. The number of likely N-dealkylation sites (N-methyl/N-ethyl adjacent to an activating group) is 1. The monoisotopic (exact) mass is 414 g/mol. The molecule has 0 bridgehead atoms. The lowest BCUT2D eigenvalue weighted by molar-refractivity contribution is -0.122. The second-order valence-electron chi connectivity index (χ2n) is 5.59. The van der Waals surface area contributed by atoms with Crippen molar-refractivity contribution in [3.8, 4) is 0 Å². The van der Waals surface area contributed by atoms with Gasteiger partial charge < -0.3 is 0 Å². The molecule has 2 aromatic rings. The number of para-hydroxylation sites is 1. The molecule has 0 aliphatic carbocycles. The summed E-state index contributed by atoms with van der Waals surface area (Å²) in [6.07, 6.45) is 2.84. The van der Waals surface area contributed by atoms with E-state index < -0.39 is 0 Å². The fraction of sp³-hybridized carbons (Fsp3) is 0.200. The maximum Gasteiger partial charge on any atom is 0.266 e. The van der Waals surface area contributed by atoms with Crippen molar-refractivity contribution in [1.29, 1.82) is 0 Å². The van der Waals surface area contributed by atoms with Crippen LogP contribution in [0.15, 0.2) is 62.9 Å². The van der Waals surface area contributed by atoms with E-state index in [9.17, 15) is 4.79 Å². The molecule has 25 heavy (non-hydrogen) atoms. The summed E-state index contributed by atoms with van der Waals surface area (Å²) in [6, 6.07) is 16.0. The highest BCUT2D eigenvalue weighted by Gasteiger charge is 2.32. The minimum atomic E-state index is 0.0168. The highest BCUT2D eigenvalue weighted by molar-refractivity contribution is 9.10. The Kier molecular flexibility index (Phi) is 5.76. The van der Waals surface area contributed by atoms with Gasteiger partial charge in [0.1, 0.15) is 0 Å². The van der Waals surface area contributed by atoms with Gasteiger partial charge >= 0.3 is 0 Å². The van der Waals surface area contributed by atoms with Gasteiger partial charge in [-0.15, -0.1) is 0 Å². The third-order valence-corrected chi connectivity index (χ3v) is 5.50. The van der Waals surface area contributed by atoms with Crippen molar-refractivity contribution in [3.63, 3.8) is 0 Å². The normalized spacial score (nSPS) is 17.7. The molecule has 2 aromatic carbocycles. The van der Waals surface area contributed by atoms with E-state index in [1.807, 2.05) is 55.5 Å². The van der Waals surface area contributed by atoms with Crippen molar-refractivity contribution < 1.29 is 4.79 Å². The minimum absolute atomic E-state index is 0.0168. The molecule has 0 radical (unpaired) electrons. The van der Waals surface area contributed by atoms with Crippen molar-refractivity contribution >= 4 is 50.5 Å². The van der Waals surface area contributed by atoms with Crippen LogP contribution in [0.25, 0.3) is 6.08 Å². The van der Waals surface area contributed by atoms with Crippen LogP contribution in [0.5, 0.6) is 0 Å². The number of hydrogen-bond acceptors (Lipinski definition) is 3. The number of thioether (sulfide) groups is 1. The first-order valence-electron chi connectivity index (χ1n) is 8.26. The molecule has 128 valence electrons. The largest absolute Gasteiger partial charge is 0.287 e. The van der Waals surface area contributed by atoms with Gasteiger partial charge in [0.15, 0.2) is 5.17 Å². The number of aliphatic imine (C=N–C) groups is 1. The summed E-state index contributed by atoms with van der Waals surface area (Å²) in [6.45, 7) is 4.70. The number of carbonyl (C=O) groups is 1. The number of aryl methyl sites for hydroxylation is 1. The average Bonchev–Trinajstić information content (AvgIpc) is 2.92. The van der Waals surface area contributed by atoms with E-state index in [1.165, 1.54) is 17.3 Å². The third-order valence-electron chi connectivity index (χ3n) is 3.96. The molecule has 3 rings (SSSR count). The summed E-state index contributed by atoms with van der Waals surface area (Å²) < 4.78 is 1.02. The molecule has 1 aliphatic heterocycles. The topological polar surface area (TPSA) is 32.7 Å². The van der Waals surface area contributed by atoms with Gasteiger partial charge in [-0.25, -0.2) is 4.99 Å². The van der Waals surface area contributed by atoms with E-state index in [0.717, 1.165) is 27.3 Å². The molecule has 0 atom stereocenters. The van der Waals surface area contributed by atoms with E-state index in [0.29, 0.717) is 11.4 Å². The quantitative estimate of drug-likeness (QED) is 0.606. The van der Waals surface area contributed by atoms with Crippen LogP contribution in [0.1, 0.15) is 25.0 Å².